The highest BCUT2D eigenvalue weighted by Crippen LogP contribution is 2.26. The summed E-state index contributed by atoms with van der Waals surface area (Å²) in [5, 5.41) is 0. The number of hydrogen-bond donors (Lipinski definition) is 1. The summed E-state index contributed by atoms with van der Waals surface area (Å²) < 4.78 is 1.05. The molecule has 0 aliphatic carbocycles. The number of anilines is 2. The number of pyridine rings is 3. The number of piperazine rings is 2. The average Bonchev–Trinajstić information content (AvgIpc) is 2.84. The van der Waals surface area contributed by atoms with Gasteiger partial charge in [0.05, 0.1) is 63.1 Å². The maximum absolute atomic E-state index is 12.6. The number of H-pyrrole nitrogens is 1. The van der Waals surface area contributed by atoms with E-state index < -0.39 is 0 Å². The Morgan fingerprint density at radius 3 is 1.79 bits per heavy atom. The second-order valence-electron chi connectivity index (χ2n) is 10.1. The highest BCUT2D eigenvalue weighted by Gasteiger charge is 2.24. The van der Waals surface area contributed by atoms with Crippen molar-refractivity contribution in [2.75, 3.05) is 83.3 Å². The molecule has 3 aromatic heterocycles. The number of rotatable bonds is 4. The molecule has 2 aliphatic rings. The van der Waals surface area contributed by atoms with E-state index in [4.69, 9.17) is 0 Å². The summed E-state index contributed by atoms with van der Waals surface area (Å²) >= 11 is 0. The molecule has 0 saturated carbocycles. The van der Waals surface area contributed by atoms with Crippen LogP contribution in [0.3, 0.4) is 0 Å². The van der Waals surface area contributed by atoms with Gasteiger partial charge in [0.15, 0.2) is 5.43 Å². The predicted octanol–water partition coefficient (Wildman–Crippen LogP) is 2.15. The van der Waals surface area contributed by atoms with Gasteiger partial charge < -0.3 is 24.2 Å². The fraction of sp³-hybridized carbons (Fsp3) is 0.423. The molecule has 0 unspecified atom stereocenters. The molecule has 0 atom stereocenters. The van der Waals surface area contributed by atoms with Gasteiger partial charge in [0.1, 0.15) is 0 Å². The third kappa shape index (κ3) is 4.98. The Balaban J connectivity index is 1.42. The summed E-state index contributed by atoms with van der Waals surface area (Å²) in [6, 6.07) is 11.5. The Kier molecular flexibility index (Phi) is 6.10. The van der Waals surface area contributed by atoms with Gasteiger partial charge in [0.2, 0.25) is 0 Å². The van der Waals surface area contributed by atoms with E-state index in [9.17, 15) is 4.79 Å². The largest absolute Gasteiger partial charge is 0.369 e. The maximum Gasteiger partial charge on any atom is 0.182 e. The number of likely N-dealkylation sites (N-methyl/N-ethyl adjacent to an activating group) is 2. The number of hydrogen-bond acceptors (Lipinski definition) is 6. The minimum atomic E-state index is -0.0558. The zero-order valence-corrected chi connectivity index (χ0v) is 20.4. The predicted molar refractivity (Wildman–Crippen MR) is 137 cm³/mol. The first kappa shape index (κ1) is 22.6. The topological polar surface area (TPSA) is 68.4 Å². The molecule has 2 saturated heterocycles. The molecule has 8 heteroatoms. The van der Waals surface area contributed by atoms with Crippen LogP contribution in [0.2, 0.25) is 0 Å². The lowest BCUT2D eigenvalue weighted by molar-refractivity contribution is -0.890. The Labute approximate surface area is 201 Å². The van der Waals surface area contributed by atoms with E-state index in [0.29, 0.717) is 11.4 Å². The van der Waals surface area contributed by atoms with E-state index in [2.05, 4.69) is 69.0 Å². The lowest BCUT2D eigenvalue weighted by Gasteiger charge is -2.40. The van der Waals surface area contributed by atoms with Gasteiger partial charge in [-0.25, -0.2) is 0 Å². The minimum absolute atomic E-state index is 0.0558. The third-order valence-corrected chi connectivity index (χ3v) is 7.07. The number of aromatic amines is 1. The second kappa shape index (κ2) is 9.19. The van der Waals surface area contributed by atoms with E-state index in [0.717, 1.165) is 79.6 Å². The van der Waals surface area contributed by atoms with Crippen LogP contribution in [0.25, 0.3) is 22.8 Å². The van der Waals surface area contributed by atoms with Crippen molar-refractivity contribution < 1.29 is 4.48 Å². The first-order valence-electron chi connectivity index (χ1n) is 12.0. The van der Waals surface area contributed by atoms with Crippen molar-refractivity contribution in [1.29, 1.82) is 0 Å². The molecule has 0 spiro atoms. The van der Waals surface area contributed by atoms with Gasteiger partial charge in [-0.15, -0.1) is 0 Å². The molecule has 2 fully saturated rings. The van der Waals surface area contributed by atoms with Crippen LogP contribution in [0.4, 0.5) is 11.4 Å². The molecular weight excluding hydrogens is 426 g/mol. The number of nitrogens with zero attached hydrogens (tertiary/aromatic N) is 6. The Morgan fingerprint density at radius 2 is 1.26 bits per heavy atom. The van der Waals surface area contributed by atoms with Crippen molar-refractivity contribution in [2.45, 2.75) is 0 Å². The monoisotopic (exact) mass is 460 g/mol. The Bertz CT molecular complexity index is 1200. The molecule has 34 heavy (non-hydrogen) atoms. The fourth-order valence-corrected chi connectivity index (χ4v) is 4.68. The first-order chi connectivity index (χ1) is 16.4. The summed E-state index contributed by atoms with van der Waals surface area (Å²) in [5.41, 5.74) is 5.18. The van der Waals surface area contributed by atoms with Crippen molar-refractivity contribution >= 4 is 11.4 Å². The van der Waals surface area contributed by atoms with E-state index in [1.54, 1.807) is 12.1 Å². The van der Waals surface area contributed by atoms with Crippen molar-refractivity contribution in [3.63, 3.8) is 0 Å². The number of aromatic nitrogens is 3. The molecule has 5 rings (SSSR count). The minimum Gasteiger partial charge on any atom is -0.369 e. The van der Waals surface area contributed by atoms with Gasteiger partial charge in [-0.2, -0.15) is 0 Å². The summed E-state index contributed by atoms with van der Waals surface area (Å²) in [7, 11) is 6.70. The van der Waals surface area contributed by atoms with E-state index in [1.165, 1.54) is 0 Å². The van der Waals surface area contributed by atoms with Crippen LogP contribution >= 0.6 is 0 Å². The maximum atomic E-state index is 12.6. The van der Waals surface area contributed by atoms with Crippen LogP contribution in [-0.2, 0) is 0 Å². The molecule has 0 amide bonds. The fourth-order valence-electron chi connectivity index (χ4n) is 4.68. The molecule has 0 bridgehead atoms. The lowest BCUT2D eigenvalue weighted by Crippen LogP contribution is -2.54. The standard InChI is InChI=1S/C26H33N7O/c1-30-8-10-31(11-9-30)20-4-6-27-23(16-20)25-18-22(34)19-26(29-25)24-17-21(5-7-28-24)32-12-14-33(2,3)15-13-32/h4-7,16-19H,8-15H2,1-3H3/p+1. The van der Waals surface area contributed by atoms with Gasteiger partial charge in [0, 0.05) is 62.1 Å². The van der Waals surface area contributed by atoms with Crippen LogP contribution < -0.4 is 15.2 Å². The summed E-state index contributed by atoms with van der Waals surface area (Å²) in [6.07, 6.45) is 3.65. The van der Waals surface area contributed by atoms with E-state index in [-0.39, 0.29) is 5.43 Å². The second-order valence-corrected chi connectivity index (χ2v) is 10.1. The van der Waals surface area contributed by atoms with E-state index >= 15 is 0 Å². The lowest BCUT2D eigenvalue weighted by atomic mass is 10.1. The molecule has 178 valence electrons. The average molecular weight is 461 g/mol. The summed E-state index contributed by atoms with van der Waals surface area (Å²) in [5.74, 6) is 0. The normalized spacial score (nSPS) is 18.8. The number of quaternary nitrogens is 1. The SMILES string of the molecule is CN1CCN(c2ccnc(-c3cc(=O)cc(-c4cc(N5CC[N+](C)(C)CC5)ccn4)[nH]3)c2)CC1. The molecule has 0 aromatic carbocycles. The third-order valence-electron chi connectivity index (χ3n) is 7.07. The Morgan fingerprint density at radius 1 is 0.765 bits per heavy atom. The quantitative estimate of drug-likeness (QED) is 0.602. The van der Waals surface area contributed by atoms with Gasteiger partial charge in [-0.05, 0) is 31.3 Å². The van der Waals surface area contributed by atoms with Crippen molar-refractivity contribution in [3.05, 3.63) is 59.0 Å². The van der Waals surface area contributed by atoms with Crippen molar-refractivity contribution in [1.82, 2.24) is 19.9 Å². The van der Waals surface area contributed by atoms with Crippen LogP contribution in [0.1, 0.15) is 0 Å². The zero-order valence-electron chi connectivity index (χ0n) is 20.4. The molecule has 0 radical (unpaired) electrons. The highest BCUT2D eigenvalue weighted by atomic mass is 16.1. The van der Waals surface area contributed by atoms with Crippen LogP contribution in [0.5, 0.6) is 0 Å². The smallest absolute Gasteiger partial charge is 0.182 e. The molecule has 3 aromatic rings. The van der Waals surface area contributed by atoms with Crippen LogP contribution in [-0.4, -0.2) is 97.8 Å². The number of nitrogens with one attached hydrogen (secondary N) is 1. The molecule has 8 nitrogen and oxygen atoms in total. The van der Waals surface area contributed by atoms with E-state index in [1.807, 2.05) is 18.5 Å². The van der Waals surface area contributed by atoms with Crippen molar-refractivity contribution in [2.24, 2.45) is 0 Å². The highest BCUT2D eigenvalue weighted by molar-refractivity contribution is 5.67. The van der Waals surface area contributed by atoms with Gasteiger partial charge >= 0.3 is 0 Å². The molecule has 2 aliphatic heterocycles. The van der Waals surface area contributed by atoms with Gasteiger partial charge in [-0.3, -0.25) is 14.8 Å². The molecule has 1 N–H and O–H groups in total. The molecule has 5 heterocycles. The van der Waals surface area contributed by atoms with Crippen LogP contribution in [0, 0.1) is 0 Å². The summed E-state index contributed by atoms with van der Waals surface area (Å²) in [4.78, 5) is 32.3. The van der Waals surface area contributed by atoms with Gasteiger partial charge in [0.25, 0.3) is 0 Å². The van der Waals surface area contributed by atoms with Crippen molar-refractivity contribution in [3.8, 4) is 22.8 Å². The van der Waals surface area contributed by atoms with Crippen LogP contribution in [0.15, 0.2) is 53.6 Å². The Hall–Kier alpha value is -3.23. The first-order valence-corrected chi connectivity index (χ1v) is 12.0. The summed E-state index contributed by atoms with van der Waals surface area (Å²) in [6.45, 7) is 8.29. The zero-order chi connectivity index (χ0) is 23.7. The molecular formula is C26H34N7O+. The van der Waals surface area contributed by atoms with Gasteiger partial charge in [-0.1, -0.05) is 0 Å².